The fourth-order valence-corrected chi connectivity index (χ4v) is 2.41. The maximum absolute atomic E-state index is 4.33. The lowest BCUT2D eigenvalue weighted by atomic mass is 10.4. The van der Waals surface area contributed by atoms with Crippen molar-refractivity contribution in [1.82, 2.24) is 10.2 Å². The first kappa shape index (κ1) is 9.90. The quantitative estimate of drug-likeness (QED) is 0.762. The highest BCUT2D eigenvalue weighted by Gasteiger charge is 2.06. The first-order valence-electron chi connectivity index (χ1n) is 5.27. The van der Waals surface area contributed by atoms with Gasteiger partial charge in [0.25, 0.3) is 0 Å². The van der Waals surface area contributed by atoms with Crippen molar-refractivity contribution < 1.29 is 0 Å². The number of thioether (sulfide) groups is 1. The summed E-state index contributed by atoms with van der Waals surface area (Å²) < 4.78 is 0. The molecule has 2 aliphatic rings. The Kier molecular flexibility index (Phi) is 3.74. The lowest BCUT2D eigenvalue weighted by Gasteiger charge is -2.09. The van der Waals surface area contributed by atoms with Gasteiger partial charge in [0.1, 0.15) is 0 Å². The molecule has 1 fully saturated rings. The van der Waals surface area contributed by atoms with Gasteiger partial charge in [0, 0.05) is 25.4 Å². The summed E-state index contributed by atoms with van der Waals surface area (Å²) in [5.74, 6) is 1.03. The van der Waals surface area contributed by atoms with Crippen molar-refractivity contribution in [2.24, 2.45) is 4.99 Å². The van der Waals surface area contributed by atoms with E-state index in [1.54, 1.807) is 11.8 Å². The Morgan fingerprint density at radius 2 is 2.29 bits per heavy atom. The van der Waals surface area contributed by atoms with Gasteiger partial charge in [-0.1, -0.05) is 17.8 Å². The number of hydrogen-bond donors (Lipinski definition) is 1. The van der Waals surface area contributed by atoms with Crippen LogP contribution in [0.2, 0.25) is 0 Å². The molecule has 0 atom stereocenters. The van der Waals surface area contributed by atoms with Gasteiger partial charge in [0.2, 0.25) is 0 Å². The molecule has 0 aliphatic carbocycles. The zero-order valence-corrected chi connectivity index (χ0v) is 9.22. The molecular weight excluding hydrogens is 194 g/mol. The van der Waals surface area contributed by atoms with Crippen LogP contribution in [0.3, 0.4) is 0 Å². The molecule has 0 saturated carbocycles. The Morgan fingerprint density at radius 3 is 3.00 bits per heavy atom. The van der Waals surface area contributed by atoms with E-state index in [0.29, 0.717) is 0 Å². The molecule has 14 heavy (non-hydrogen) atoms. The van der Waals surface area contributed by atoms with Crippen molar-refractivity contribution in [2.75, 3.05) is 31.9 Å². The fraction of sp³-hybridized carbons (Fsp3) is 0.700. The third-order valence-electron chi connectivity index (χ3n) is 2.42. The van der Waals surface area contributed by atoms with Crippen molar-refractivity contribution in [1.29, 1.82) is 0 Å². The average Bonchev–Trinajstić information content (AvgIpc) is 2.86. The van der Waals surface area contributed by atoms with Gasteiger partial charge >= 0.3 is 0 Å². The van der Waals surface area contributed by atoms with Crippen LogP contribution < -0.4 is 5.32 Å². The van der Waals surface area contributed by atoms with E-state index in [1.165, 1.54) is 25.9 Å². The lowest BCUT2D eigenvalue weighted by molar-refractivity contribution is 0.467. The Balaban J connectivity index is 1.61. The van der Waals surface area contributed by atoms with Crippen LogP contribution in [0.15, 0.2) is 17.3 Å². The molecule has 2 aliphatic heterocycles. The topological polar surface area (TPSA) is 27.6 Å². The van der Waals surface area contributed by atoms with Gasteiger partial charge in [0.05, 0.1) is 6.54 Å². The predicted octanol–water partition coefficient (Wildman–Crippen LogP) is 1.29. The van der Waals surface area contributed by atoms with Crippen LogP contribution in [-0.2, 0) is 0 Å². The number of likely N-dealkylation sites (tertiary alicyclic amines) is 1. The second-order valence-electron chi connectivity index (χ2n) is 3.55. The Bertz CT molecular complexity index is 232. The lowest BCUT2D eigenvalue weighted by Crippen LogP contribution is -2.15. The molecule has 0 aromatic rings. The smallest absolute Gasteiger partial charge is 0.156 e. The van der Waals surface area contributed by atoms with Crippen molar-refractivity contribution >= 4 is 16.9 Å². The van der Waals surface area contributed by atoms with Crippen LogP contribution in [0.25, 0.3) is 0 Å². The summed E-state index contributed by atoms with van der Waals surface area (Å²) in [4.78, 5) is 6.72. The normalized spacial score (nSPS) is 21.7. The molecule has 0 aromatic heterocycles. The molecule has 0 spiro atoms. The third-order valence-corrected chi connectivity index (χ3v) is 3.32. The zero-order chi connectivity index (χ0) is 9.64. The molecule has 0 radical (unpaired) electrons. The minimum atomic E-state index is 0.943. The Morgan fingerprint density at radius 1 is 1.43 bits per heavy atom. The monoisotopic (exact) mass is 211 g/mol. The first-order chi connectivity index (χ1) is 6.95. The SMILES string of the molecule is C(=C\N1CCCC1)/CSC1=NCCN1. The molecule has 0 aromatic carbocycles. The van der Waals surface area contributed by atoms with Crippen LogP contribution in [0.5, 0.6) is 0 Å². The molecule has 3 nitrogen and oxygen atoms in total. The van der Waals surface area contributed by atoms with E-state index in [1.807, 2.05) is 0 Å². The molecule has 0 bridgehead atoms. The van der Waals surface area contributed by atoms with E-state index in [4.69, 9.17) is 0 Å². The summed E-state index contributed by atoms with van der Waals surface area (Å²) in [6.45, 7) is 4.43. The number of aliphatic imine (C=N–C) groups is 1. The first-order valence-corrected chi connectivity index (χ1v) is 6.25. The average molecular weight is 211 g/mol. The summed E-state index contributed by atoms with van der Waals surface area (Å²) >= 11 is 1.79. The van der Waals surface area contributed by atoms with Gasteiger partial charge in [-0.25, -0.2) is 0 Å². The van der Waals surface area contributed by atoms with Crippen LogP contribution in [0.1, 0.15) is 12.8 Å². The summed E-state index contributed by atoms with van der Waals surface area (Å²) in [6, 6.07) is 0. The van der Waals surface area contributed by atoms with Crippen molar-refractivity contribution in [3.63, 3.8) is 0 Å². The van der Waals surface area contributed by atoms with E-state index in [2.05, 4.69) is 27.5 Å². The number of nitrogens with one attached hydrogen (secondary N) is 1. The highest BCUT2D eigenvalue weighted by Crippen LogP contribution is 2.09. The van der Waals surface area contributed by atoms with Gasteiger partial charge in [-0.15, -0.1) is 0 Å². The van der Waals surface area contributed by atoms with Gasteiger partial charge in [-0.05, 0) is 19.0 Å². The standard InChI is InChI=1S/C10H17N3S/c1-2-7-13(6-1)8-3-9-14-10-11-4-5-12-10/h3,8H,1-2,4-7,9H2,(H,11,12)/b8-3+. The van der Waals surface area contributed by atoms with Crippen LogP contribution in [0, 0.1) is 0 Å². The van der Waals surface area contributed by atoms with Crippen LogP contribution in [-0.4, -0.2) is 42.0 Å². The van der Waals surface area contributed by atoms with E-state index in [9.17, 15) is 0 Å². The molecule has 1 saturated heterocycles. The van der Waals surface area contributed by atoms with E-state index < -0.39 is 0 Å². The van der Waals surface area contributed by atoms with Crippen molar-refractivity contribution in [3.05, 3.63) is 12.3 Å². The Hall–Kier alpha value is -0.640. The summed E-state index contributed by atoms with van der Waals surface area (Å²) in [5.41, 5.74) is 0. The van der Waals surface area contributed by atoms with Crippen LogP contribution >= 0.6 is 11.8 Å². The molecular formula is C10H17N3S. The highest BCUT2D eigenvalue weighted by atomic mass is 32.2. The zero-order valence-electron chi connectivity index (χ0n) is 8.41. The summed E-state index contributed by atoms with van der Waals surface area (Å²) in [6.07, 6.45) is 7.17. The van der Waals surface area contributed by atoms with Gasteiger partial charge in [0.15, 0.2) is 5.17 Å². The summed E-state index contributed by atoms with van der Waals surface area (Å²) in [7, 11) is 0. The van der Waals surface area contributed by atoms with E-state index >= 15 is 0 Å². The predicted molar refractivity (Wildman–Crippen MR) is 62.7 cm³/mol. The Labute approximate surface area is 89.7 Å². The largest absolute Gasteiger partial charge is 0.378 e. The molecule has 78 valence electrons. The van der Waals surface area contributed by atoms with E-state index in [0.717, 1.165) is 24.0 Å². The molecule has 0 unspecified atom stereocenters. The molecule has 0 amide bonds. The van der Waals surface area contributed by atoms with Gasteiger partial charge in [-0.3, -0.25) is 4.99 Å². The minimum absolute atomic E-state index is 0.943. The molecule has 2 heterocycles. The van der Waals surface area contributed by atoms with E-state index in [-0.39, 0.29) is 0 Å². The van der Waals surface area contributed by atoms with Crippen molar-refractivity contribution in [3.8, 4) is 0 Å². The molecule has 1 N–H and O–H groups in total. The third kappa shape index (κ3) is 2.94. The fourth-order valence-electron chi connectivity index (χ4n) is 1.68. The summed E-state index contributed by atoms with van der Waals surface area (Å²) in [5, 5.41) is 4.36. The van der Waals surface area contributed by atoms with Crippen LogP contribution in [0.4, 0.5) is 0 Å². The second kappa shape index (κ2) is 5.29. The molecule has 4 heteroatoms. The second-order valence-corrected chi connectivity index (χ2v) is 4.56. The highest BCUT2D eigenvalue weighted by molar-refractivity contribution is 8.13. The van der Waals surface area contributed by atoms with Gasteiger partial charge in [-0.2, -0.15) is 0 Å². The number of hydrogen-bond acceptors (Lipinski definition) is 4. The number of nitrogens with zero attached hydrogens (tertiary/aromatic N) is 2. The number of rotatable bonds is 3. The molecule has 2 rings (SSSR count). The van der Waals surface area contributed by atoms with Gasteiger partial charge < -0.3 is 10.2 Å². The minimum Gasteiger partial charge on any atom is -0.378 e. The maximum Gasteiger partial charge on any atom is 0.156 e. The van der Waals surface area contributed by atoms with Crippen molar-refractivity contribution in [2.45, 2.75) is 12.8 Å². The number of amidine groups is 1. The maximum atomic E-state index is 4.33.